The molecule has 3 aromatic carbocycles. The van der Waals surface area contributed by atoms with Crippen molar-refractivity contribution in [2.45, 2.75) is 37.8 Å². The van der Waals surface area contributed by atoms with Gasteiger partial charge in [-0.05, 0) is 55.3 Å². The number of nitrogens with one attached hydrogen (secondary N) is 1. The van der Waals surface area contributed by atoms with Crippen LogP contribution in [0.15, 0.2) is 71.6 Å². The molecule has 0 aromatic heterocycles. The van der Waals surface area contributed by atoms with Crippen LogP contribution >= 0.6 is 11.6 Å². The van der Waals surface area contributed by atoms with Gasteiger partial charge in [-0.3, -0.25) is 24.0 Å². The molecule has 2 amide bonds. The van der Waals surface area contributed by atoms with Crippen LogP contribution in [0.1, 0.15) is 24.5 Å². The Kier molecular flexibility index (Phi) is 10.3. The first-order valence-corrected chi connectivity index (χ1v) is 14.4. The normalized spacial score (nSPS) is 11.8. The number of methoxy groups -OCH3 is 1. The van der Waals surface area contributed by atoms with Crippen LogP contribution in [0, 0.1) is 17.0 Å². The number of sulfonamides is 1. The molecule has 218 valence electrons. The van der Waals surface area contributed by atoms with Gasteiger partial charge in [-0.2, -0.15) is 0 Å². The Hall–Kier alpha value is -4.16. The van der Waals surface area contributed by atoms with E-state index in [1.54, 1.807) is 31.2 Å². The molecular weight excluding hydrogens is 572 g/mol. The van der Waals surface area contributed by atoms with Crippen LogP contribution in [0.2, 0.25) is 5.02 Å². The van der Waals surface area contributed by atoms with Crippen LogP contribution in [0.25, 0.3) is 0 Å². The van der Waals surface area contributed by atoms with E-state index in [1.807, 2.05) is 0 Å². The summed E-state index contributed by atoms with van der Waals surface area (Å²) in [6, 6.07) is 15.4. The summed E-state index contributed by atoms with van der Waals surface area (Å²) in [5.74, 6) is -0.656. The molecule has 0 unspecified atom stereocenters. The van der Waals surface area contributed by atoms with E-state index in [4.69, 9.17) is 16.3 Å². The second-order valence-electron chi connectivity index (χ2n) is 9.07. The molecule has 1 N–H and O–H groups in total. The minimum absolute atomic E-state index is 0.0586. The second-order valence-corrected chi connectivity index (χ2v) is 11.3. The van der Waals surface area contributed by atoms with E-state index in [1.165, 1.54) is 62.4 Å². The van der Waals surface area contributed by atoms with Crippen LogP contribution in [-0.4, -0.2) is 56.8 Å². The van der Waals surface area contributed by atoms with Gasteiger partial charge in [0.15, 0.2) is 0 Å². The van der Waals surface area contributed by atoms with Gasteiger partial charge in [0.25, 0.3) is 15.7 Å². The number of nitro groups is 1. The van der Waals surface area contributed by atoms with Crippen molar-refractivity contribution in [2.75, 3.05) is 25.0 Å². The highest BCUT2D eigenvalue weighted by Gasteiger charge is 2.34. The monoisotopic (exact) mass is 602 g/mol. The summed E-state index contributed by atoms with van der Waals surface area (Å²) >= 11 is 6.36. The van der Waals surface area contributed by atoms with Crippen molar-refractivity contribution in [3.8, 4) is 5.75 Å². The third kappa shape index (κ3) is 7.14. The molecule has 0 aliphatic carbocycles. The summed E-state index contributed by atoms with van der Waals surface area (Å²) in [5.41, 5.74) is 0.590. The molecule has 0 spiro atoms. The lowest BCUT2D eigenvalue weighted by molar-refractivity contribution is -0.385. The smallest absolute Gasteiger partial charge is 0.273 e. The van der Waals surface area contributed by atoms with Gasteiger partial charge in [0.05, 0.1) is 22.6 Å². The zero-order valence-corrected chi connectivity index (χ0v) is 24.6. The molecule has 11 nitrogen and oxygen atoms in total. The summed E-state index contributed by atoms with van der Waals surface area (Å²) < 4.78 is 34.0. The summed E-state index contributed by atoms with van der Waals surface area (Å²) in [4.78, 5) is 38.6. The fourth-order valence-electron chi connectivity index (χ4n) is 4.25. The maximum absolute atomic E-state index is 14.0. The maximum Gasteiger partial charge on any atom is 0.273 e. The molecule has 3 aromatic rings. The van der Waals surface area contributed by atoms with Gasteiger partial charge >= 0.3 is 0 Å². The first-order valence-electron chi connectivity index (χ1n) is 12.6. The number of amides is 2. The van der Waals surface area contributed by atoms with Crippen molar-refractivity contribution >= 4 is 44.8 Å². The average molecular weight is 603 g/mol. The van der Waals surface area contributed by atoms with E-state index in [-0.39, 0.29) is 34.8 Å². The van der Waals surface area contributed by atoms with Crippen molar-refractivity contribution in [3.63, 3.8) is 0 Å². The van der Waals surface area contributed by atoms with Gasteiger partial charge in [0.2, 0.25) is 11.8 Å². The molecule has 3 rings (SSSR count). The summed E-state index contributed by atoms with van der Waals surface area (Å²) in [7, 11) is -1.60. The predicted molar refractivity (Wildman–Crippen MR) is 156 cm³/mol. The third-order valence-electron chi connectivity index (χ3n) is 6.54. The van der Waals surface area contributed by atoms with Crippen LogP contribution in [0.5, 0.6) is 5.75 Å². The Morgan fingerprint density at radius 1 is 1.10 bits per heavy atom. The number of aryl methyl sites for hydroxylation is 1. The van der Waals surface area contributed by atoms with Crippen molar-refractivity contribution in [3.05, 3.63) is 93.0 Å². The Balaban J connectivity index is 2.13. The van der Waals surface area contributed by atoms with Crippen molar-refractivity contribution < 1.29 is 27.7 Å². The van der Waals surface area contributed by atoms with Crippen LogP contribution in [0.3, 0.4) is 0 Å². The molecule has 41 heavy (non-hydrogen) atoms. The number of carbonyl (C=O) groups excluding carboxylic acids is 2. The largest absolute Gasteiger partial charge is 0.497 e. The Bertz CT molecular complexity index is 1530. The highest BCUT2D eigenvalue weighted by molar-refractivity contribution is 7.92. The number of hydrogen-bond acceptors (Lipinski definition) is 7. The van der Waals surface area contributed by atoms with Gasteiger partial charge in [-0.25, -0.2) is 8.42 Å². The lowest BCUT2D eigenvalue weighted by Crippen LogP contribution is -2.51. The van der Waals surface area contributed by atoms with E-state index < -0.39 is 39.3 Å². The maximum atomic E-state index is 14.0. The second kappa shape index (κ2) is 13.5. The fourth-order valence-corrected chi connectivity index (χ4v) is 5.88. The number of anilines is 1. The first kappa shape index (κ1) is 31.4. The number of likely N-dealkylation sites (N-methyl/N-ethyl adjacent to an activating group) is 1. The Morgan fingerprint density at radius 3 is 2.32 bits per heavy atom. The summed E-state index contributed by atoms with van der Waals surface area (Å²) in [5, 5.41) is 14.5. The van der Waals surface area contributed by atoms with Crippen LogP contribution in [-0.2, 0) is 26.2 Å². The molecule has 0 radical (unpaired) electrons. The van der Waals surface area contributed by atoms with Crippen molar-refractivity contribution in [1.82, 2.24) is 10.2 Å². The molecular formula is C28H31ClN4O7S. The average Bonchev–Trinajstić information content (AvgIpc) is 2.96. The number of benzene rings is 3. The lowest BCUT2D eigenvalue weighted by Gasteiger charge is -2.33. The number of nitro benzene ring substituents is 1. The lowest BCUT2D eigenvalue weighted by atomic mass is 10.1. The van der Waals surface area contributed by atoms with E-state index in [9.17, 15) is 28.1 Å². The van der Waals surface area contributed by atoms with E-state index in [0.29, 0.717) is 16.3 Å². The molecule has 13 heteroatoms. The highest BCUT2D eigenvalue weighted by Crippen LogP contribution is 2.30. The highest BCUT2D eigenvalue weighted by atomic mass is 35.5. The third-order valence-corrected chi connectivity index (χ3v) is 8.67. The molecule has 0 aliphatic heterocycles. The van der Waals surface area contributed by atoms with Gasteiger partial charge in [-0.15, -0.1) is 0 Å². The molecule has 0 heterocycles. The number of ether oxygens (including phenoxy) is 1. The molecule has 0 fully saturated rings. The van der Waals surface area contributed by atoms with Crippen LogP contribution < -0.4 is 14.4 Å². The summed E-state index contributed by atoms with van der Waals surface area (Å²) in [6.45, 7) is 2.47. The first-order chi connectivity index (χ1) is 19.4. The van der Waals surface area contributed by atoms with Gasteiger partial charge in [0, 0.05) is 30.2 Å². The fraction of sp³-hybridized carbons (Fsp3) is 0.286. The zero-order valence-electron chi connectivity index (χ0n) is 23.0. The van der Waals surface area contributed by atoms with Gasteiger partial charge in [0.1, 0.15) is 18.3 Å². The standard InChI is InChI=1S/C28H31ClN4O7S/c1-5-25(28(35)30-3)31(17-20-8-6-7-9-24(20)29)27(34)18-32(21-11-13-22(40-4)14-12-21)41(38,39)23-15-10-19(2)26(16-23)33(36)37/h6-16,25H,5,17-18H2,1-4H3,(H,30,35)/t25-/m1/s1. The minimum atomic E-state index is -4.50. The minimum Gasteiger partial charge on any atom is -0.497 e. The summed E-state index contributed by atoms with van der Waals surface area (Å²) in [6.07, 6.45) is 0.245. The number of halogens is 1. The van der Waals surface area contributed by atoms with Crippen molar-refractivity contribution in [2.24, 2.45) is 0 Å². The Morgan fingerprint density at radius 2 is 1.76 bits per heavy atom. The number of hydrogen-bond donors (Lipinski definition) is 1. The van der Waals surface area contributed by atoms with E-state index >= 15 is 0 Å². The number of rotatable bonds is 12. The van der Waals surface area contributed by atoms with Crippen molar-refractivity contribution in [1.29, 1.82) is 0 Å². The zero-order chi connectivity index (χ0) is 30.3. The van der Waals surface area contributed by atoms with Crippen LogP contribution in [0.4, 0.5) is 11.4 Å². The number of nitrogens with zero attached hydrogens (tertiary/aromatic N) is 3. The molecule has 1 atom stereocenters. The molecule has 0 saturated carbocycles. The molecule has 0 saturated heterocycles. The predicted octanol–water partition coefficient (Wildman–Crippen LogP) is 4.31. The number of carbonyl (C=O) groups is 2. The quantitative estimate of drug-likeness (QED) is 0.241. The topological polar surface area (TPSA) is 139 Å². The van der Waals surface area contributed by atoms with Gasteiger partial charge < -0.3 is 15.0 Å². The SMILES string of the molecule is CC[C@H](C(=O)NC)N(Cc1ccccc1Cl)C(=O)CN(c1ccc(OC)cc1)S(=O)(=O)c1ccc(C)c([N+](=O)[O-])c1. The van der Waals surface area contributed by atoms with E-state index in [0.717, 1.165) is 10.4 Å². The molecule has 0 aliphatic rings. The van der Waals surface area contributed by atoms with Gasteiger partial charge in [-0.1, -0.05) is 42.8 Å². The van der Waals surface area contributed by atoms with E-state index in [2.05, 4.69) is 5.32 Å². The molecule has 0 bridgehead atoms. The Labute approximate surface area is 243 Å².